The Morgan fingerprint density at radius 3 is 2.70 bits per heavy atom. The summed E-state index contributed by atoms with van der Waals surface area (Å²) >= 11 is 0. The molecule has 3 heterocycles. The molecule has 13 nitrogen and oxygen atoms in total. The Morgan fingerprint density at radius 2 is 1.98 bits per heavy atom. The van der Waals surface area contributed by atoms with Crippen molar-refractivity contribution in [3.8, 4) is 5.75 Å². The number of carbonyl (C=O) groups excluding carboxylic acids is 1. The van der Waals surface area contributed by atoms with Gasteiger partial charge in [0.15, 0.2) is 5.82 Å². The van der Waals surface area contributed by atoms with E-state index in [0.717, 1.165) is 25.7 Å². The minimum Gasteiger partial charge on any atom is -0.461 e. The van der Waals surface area contributed by atoms with Crippen LogP contribution in [0, 0.1) is 0 Å². The number of nitrogens with one attached hydrogen (secondary N) is 1. The predicted octanol–water partition coefficient (Wildman–Crippen LogP) is 2.53. The molecule has 5 N–H and O–H groups in total. The van der Waals surface area contributed by atoms with Crippen molar-refractivity contribution in [1.82, 2.24) is 19.7 Å². The van der Waals surface area contributed by atoms with E-state index in [-0.39, 0.29) is 17.7 Å². The molecule has 1 aliphatic carbocycles. The van der Waals surface area contributed by atoms with Gasteiger partial charge in [-0.05, 0) is 63.8 Å². The minimum absolute atomic E-state index is 0.169. The van der Waals surface area contributed by atoms with Crippen LogP contribution in [0.15, 0.2) is 48.8 Å². The van der Waals surface area contributed by atoms with Crippen LogP contribution >= 0.6 is 7.75 Å². The molecule has 1 saturated carbocycles. The molecule has 2 aliphatic rings. The summed E-state index contributed by atoms with van der Waals surface area (Å²) in [7, 11) is -4.23. The number of aliphatic hydroxyl groups is 2. The first kappa shape index (κ1) is 28.5. The van der Waals surface area contributed by atoms with Crippen molar-refractivity contribution in [3.05, 3.63) is 54.5 Å². The van der Waals surface area contributed by atoms with Gasteiger partial charge in [-0.1, -0.05) is 18.2 Å². The normalized spacial score (nSPS) is 27.4. The predicted molar refractivity (Wildman–Crippen MR) is 143 cm³/mol. The van der Waals surface area contributed by atoms with Crippen LogP contribution in [0.2, 0.25) is 0 Å². The molecule has 5 rings (SSSR count). The molecule has 1 unspecified atom stereocenters. The Balaban J connectivity index is 1.33. The number of fused-ring (bicyclic) bond motifs is 1. The van der Waals surface area contributed by atoms with Crippen molar-refractivity contribution in [2.45, 2.75) is 75.6 Å². The number of anilines is 1. The van der Waals surface area contributed by atoms with E-state index in [1.165, 1.54) is 24.7 Å². The summed E-state index contributed by atoms with van der Waals surface area (Å²) in [5.74, 6) is -0.0961. The van der Waals surface area contributed by atoms with Gasteiger partial charge in [-0.25, -0.2) is 14.1 Å². The number of esters is 1. The zero-order valence-electron chi connectivity index (χ0n) is 22.3. The number of para-hydroxylation sites is 1. The van der Waals surface area contributed by atoms with Crippen LogP contribution in [0.4, 0.5) is 5.82 Å². The molecule has 1 aromatic carbocycles. The fourth-order valence-electron chi connectivity index (χ4n) is 4.99. The van der Waals surface area contributed by atoms with Crippen LogP contribution < -0.4 is 15.3 Å². The minimum atomic E-state index is -4.23. The molecule has 0 amide bonds. The summed E-state index contributed by atoms with van der Waals surface area (Å²) in [4.78, 5) is 16.7. The maximum atomic E-state index is 13.9. The zero-order valence-corrected chi connectivity index (χ0v) is 23.1. The van der Waals surface area contributed by atoms with Crippen molar-refractivity contribution in [3.63, 3.8) is 0 Å². The number of nitrogen functional groups attached to an aromatic ring is 1. The molecule has 3 aromatic rings. The molecule has 216 valence electrons. The second kappa shape index (κ2) is 11.4. The molecule has 1 aliphatic heterocycles. The lowest BCUT2D eigenvalue weighted by Gasteiger charge is -2.30. The molecule has 2 fully saturated rings. The van der Waals surface area contributed by atoms with Gasteiger partial charge in [0.2, 0.25) is 0 Å². The van der Waals surface area contributed by atoms with Gasteiger partial charge in [-0.15, -0.1) is 0 Å². The molecule has 0 bridgehead atoms. The average molecular weight is 576 g/mol. The lowest BCUT2D eigenvalue weighted by molar-refractivity contribution is -0.150. The fourth-order valence-corrected chi connectivity index (χ4v) is 6.57. The SMILES string of the molecule is C[C@H](NP(=O)(OC[C@@]1(C)O[C@@H](c2ccc3c(N)ncnn23)[C@H](O)[C@@H]1O)Oc1ccccc1)C(=O)OC1CCCC1. The highest BCUT2D eigenvalue weighted by Crippen LogP contribution is 2.48. The lowest BCUT2D eigenvalue weighted by Crippen LogP contribution is -2.45. The number of aromatic nitrogens is 3. The van der Waals surface area contributed by atoms with E-state index >= 15 is 0 Å². The van der Waals surface area contributed by atoms with Gasteiger partial charge < -0.3 is 29.9 Å². The molecule has 2 aromatic heterocycles. The van der Waals surface area contributed by atoms with Gasteiger partial charge in [0, 0.05) is 0 Å². The zero-order chi connectivity index (χ0) is 28.5. The van der Waals surface area contributed by atoms with Gasteiger partial charge in [-0.2, -0.15) is 10.2 Å². The number of ether oxygens (including phenoxy) is 2. The number of benzene rings is 1. The van der Waals surface area contributed by atoms with Gasteiger partial charge in [-0.3, -0.25) is 9.32 Å². The number of nitrogens with two attached hydrogens (primary N) is 1. The Bertz CT molecular complexity index is 1380. The third-order valence-electron chi connectivity index (χ3n) is 7.24. The lowest BCUT2D eigenvalue weighted by atomic mass is 9.97. The highest BCUT2D eigenvalue weighted by atomic mass is 31.2. The van der Waals surface area contributed by atoms with Gasteiger partial charge >= 0.3 is 13.7 Å². The van der Waals surface area contributed by atoms with E-state index in [1.54, 1.807) is 42.5 Å². The molecule has 40 heavy (non-hydrogen) atoms. The second-order valence-electron chi connectivity index (χ2n) is 10.4. The third kappa shape index (κ3) is 5.85. The Morgan fingerprint density at radius 1 is 1.25 bits per heavy atom. The number of nitrogens with zero attached hydrogens (tertiary/aromatic N) is 3. The molecule has 0 spiro atoms. The standard InChI is InChI=1S/C26H34N5O8P/c1-16(25(34)37-17-8-6-7-9-17)30-40(35,39-18-10-4-3-5-11-18)36-14-26(2)23(33)21(32)22(38-26)19-12-13-20-24(27)28-15-29-31(19)20/h3-5,10-13,15-17,21-23,32-33H,6-9,14H2,1-2H3,(H,30,35)(H2,27,28,29)/t16-,21-,22-,23-,26+,40?/m0/s1. The maximum Gasteiger partial charge on any atom is 0.459 e. The van der Waals surface area contributed by atoms with E-state index in [4.69, 9.17) is 24.3 Å². The Labute approximate surface area is 231 Å². The number of hydrogen-bond acceptors (Lipinski definition) is 11. The van der Waals surface area contributed by atoms with Crippen LogP contribution in [0.3, 0.4) is 0 Å². The quantitative estimate of drug-likeness (QED) is 0.205. The smallest absolute Gasteiger partial charge is 0.459 e. The number of carbonyl (C=O) groups is 1. The van der Waals surface area contributed by atoms with E-state index in [9.17, 15) is 19.6 Å². The number of aliphatic hydroxyl groups excluding tert-OH is 2. The first-order valence-corrected chi connectivity index (χ1v) is 14.7. The van der Waals surface area contributed by atoms with E-state index in [1.807, 2.05) is 0 Å². The van der Waals surface area contributed by atoms with E-state index in [2.05, 4.69) is 15.2 Å². The molecular formula is C26H34N5O8P. The van der Waals surface area contributed by atoms with Gasteiger partial charge in [0.1, 0.15) is 53.7 Å². The summed E-state index contributed by atoms with van der Waals surface area (Å²) in [6.45, 7) is 2.57. The van der Waals surface area contributed by atoms with Crippen molar-refractivity contribution in [2.75, 3.05) is 12.3 Å². The summed E-state index contributed by atoms with van der Waals surface area (Å²) in [5.41, 5.74) is 5.35. The number of hydrogen-bond donors (Lipinski definition) is 4. The van der Waals surface area contributed by atoms with Crippen LogP contribution in [0.25, 0.3) is 5.52 Å². The van der Waals surface area contributed by atoms with E-state index < -0.39 is 50.3 Å². The van der Waals surface area contributed by atoms with Crippen molar-refractivity contribution in [1.29, 1.82) is 0 Å². The van der Waals surface area contributed by atoms with Crippen LogP contribution in [0.5, 0.6) is 5.75 Å². The Hall–Kier alpha value is -3.06. The van der Waals surface area contributed by atoms with Crippen LogP contribution in [0.1, 0.15) is 51.3 Å². The molecular weight excluding hydrogens is 541 g/mol. The summed E-state index contributed by atoms with van der Waals surface area (Å²) < 4.78 is 38.5. The van der Waals surface area contributed by atoms with Crippen molar-refractivity contribution >= 4 is 25.1 Å². The molecule has 0 radical (unpaired) electrons. The van der Waals surface area contributed by atoms with Crippen LogP contribution in [-0.2, 0) is 23.4 Å². The summed E-state index contributed by atoms with van der Waals surface area (Å²) in [5, 5.41) is 28.7. The third-order valence-corrected chi connectivity index (χ3v) is 8.86. The highest BCUT2D eigenvalue weighted by Gasteiger charge is 2.54. The van der Waals surface area contributed by atoms with Crippen molar-refractivity contribution < 1.29 is 38.1 Å². The largest absolute Gasteiger partial charge is 0.461 e. The fraction of sp³-hybridized carbons (Fsp3) is 0.500. The Kier molecular flexibility index (Phi) is 8.14. The molecule has 6 atom stereocenters. The highest BCUT2D eigenvalue weighted by molar-refractivity contribution is 7.52. The van der Waals surface area contributed by atoms with Gasteiger partial charge in [0.25, 0.3) is 0 Å². The first-order valence-electron chi connectivity index (χ1n) is 13.2. The number of rotatable bonds is 10. The topological polar surface area (TPSA) is 180 Å². The summed E-state index contributed by atoms with van der Waals surface area (Å²) in [6, 6.07) is 10.7. The molecule has 1 saturated heterocycles. The van der Waals surface area contributed by atoms with Gasteiger partial charge in [0.05, 0.1) is 12.3 Å². The maximum absolute atomic E-state index is 13.9. The average Bonchev–Trinajstić information content (AvgIpc) is 3.65. The first-order chi connectivity index (χ1) is 19.1. The second-order valence-corrected chi connectivity index (χ2v) is 12.1. The van der Waals surface area contributed by atoms with E-state index in [0.29, 0.717) is 11.2 Å². The molecule has 14 heteroatoms. The monoisotopic (exact) mass is 575 g/mol. The summed E-state index contributed by atoms with van der Waals surface area (Å²) in [6.07, 6.45) is 0.854. The van der Waals surface area contributed by atoms with Crippen LogP contribution in [-0.4, -0.2) is 67.3 Å². The van der Waals surface area contributed by atoms with Crippen molar-refractivity contribution in [2.24, 2.45) is 0 Å².